The number of nitrogens with zero attached hydrogens (tertiary/aromatic N) is 1. The van der Waals surface area contributed by atoms with Crippen LogP contribution in [0.25, 0.3) is 0 Å². The Kier molecular flexibility index (Phi) is 6.73. The van der Waals surface area contributed by atoms with Gasteiger partial charge >= 0.3 is 0 Å². The molecule has 1 fully saturated rings. The second-order valence-corrected chi connectivity index (χ2v) is 7.20. The van der Waals surface area contributed by atoms with Gasteiger partial charge in [-0.25, -0.2) is 0 Å². The van der Waals surface area contributed by atoms with Crippen LogP contribution in [0, 0.1) is 5.41 Å². The number of carbonyl (C=O) groups excluding carboxylic acids is 1. The van der Waals surface area contributed by atoms with Crippen LogP contribution in [-0.2, 0) is 14.3 Å². The maximum Gasteiger partial charge on any atom is 0.267 e. The fourth-order valence-corrected chi connectivity index (χ4v) is 1.74. The zero-order valence-electron chi connectivity index (χ0n) is 14.7. The van der Waals surface area contributed by atoms with Crippen molar-refractivity contribution in [1.82, 2.24) is 5.32 Å². The lowest BCUT2D eigenvalue weighted by molar-refractivity contribution is -0.124. The molecule has 0 aromatic carbocycles. The summed E-state index contributed by atoms with van der Waals surface area (Å²) >= 11 is 0. The number of amidine groups is 1. The van der Waals surface area contributed by atoms with E-state index in [1.807, 2.05) is 20.8 Å². The van der Waals surface area contributed by atoms with Crippen LogP contribution >= 0.6 is 0 Å². The number of hydrogen-bond donors (Lipinski definition) is 3. The molecule has 0 saturated carbocycles. The molecule has 1 saturated heterocycles. The first kappa shape index (κ1) is 19.6. The third kappa shape index (κ3) is 6.68. The molecule has 7 heteroatoms. The van der Waals surface area contributed by atoms with Crippen molar-refractivity contribution in [2.24, 2.45) is 16.1 Å². The minimum Gasteiger partial charge on any atom is -0.512 e. The molecule has 0 spiro atoms. The van der Waals surface area contributed by atoms with Crippen molar-refractivity contribution in [3.05, 3.63) is 11.8 Å². The van der Waals surface area contributed by atoms with Gasteiger partial charge in [-0.15, -0.1) is 0 Å². The molecule has 0 bridgehead atoms. The summed E-state index contributed by atoms with van der Waals surface area (Å²) in [5.41, 5.74) is 4.39. The molecule has 0 aromatic rings. The SMILES string of the molecule is CC(C)(NCC1COCCO1)C(=O)N=C(N)/C=C(\O)C(C)(C)C. The molecule has 1 amide bonds. The van der Waals surface area contributed by atoms with Crippen molar-refractivity contribution in [1.29, 1.82) is 0 Å². The fourth-order valence-electron chi connectivity index (χ4n) is 1.74. The topological polar surface area (TPSA) is 106 Å². The Morgan fingerprint density at radius 2 is 2.00 bits per heavy atom. The zero-order chi connectivity index (χ0) is 17.7. The Morgan fingerprint density at radius 3 is 2.52 bits per heavy atom. The third-order valence-corrected chi connectivity index (χ3v) is 3.47. The lowest BCUT2D eigenvalue weighted by atomic mass is 9.93. The number of aliphatic imine (C=N–C) groups is 1. The zero-order valence-corrected chi connectivity index (χ0v) is 14.7. The Balaban J connectivity index is 2.64. The van der Waals surface area contributed by atoms with Gasteiger partial charge in [0.15, 0.2) is 0 Å². The molecular weight excluding hydrogens is 298 g/mol. The van der Waals surface area contributed by atoms with Crippen LogP contribution in [0.4, 0.5) is 0 Å². The lowest BCUT2D eigenvalue weighted by Crippen LogP contribution is -2.51. The fraction of sp³-hybridized carbons (Fsp3) is 0.750. The molecule has 4 N–H and O–H groups in total. The highest BCUT2D eigenvalue weighted by molar-refractivity contribution is 6.02. The maximum absolute atomic E-state index is 12.3. The van der Waals surface area contributed by atoms with Crippen LogP contribution < -0.4 is 11.1 Å². The van der Waals surface area contributed by atoms with Gasteiger partial charge in [0.2, 0.25) is 0 Å². The molecule has 1 rings (SSSR count). The highest BCUT2D eigenvalue weighted by Gasteiger charge is 2.29. The van der Waals surface area contributed by atoms with E-state index in [0.29, 0.717) is 26.4 Å². The monoisotopic (exact) mass is 327 g/mol. The molecule has 23 heavy (non-hydrogen) atoms. The molecule has 7 nitrogen and oxygen atoms in total. The smallest absolute Gasteiger partial charge is 0.267 e. The van der Waals surface area contributed by atoms with Gasteiger partial charge in [-0.3, -0.25) is 4.79 Å². The summed E-state index contributed by atoms with van der Waals surface area (Å²) in [4.78, 5) is 16.1. The number of aliphatic hydroxyl groups excluding tert-OH is 1. The van der Waals surface area contributed by atoms with Crippen LogP contribution in [0.2, 0.25) is 0 Å². The van der Waals surface area contributed by atoms with Crippen LogP contribution in [0.15, 0.2) is 16.8 Å². The molecule has 1 atom stereocenters. The van der Waals surface area contributed by atoms with Gasteiger partial charge in [0, 0.05) is 18.0 Å². The van der Waals surface area contributed by atoms with Gasteiger partial charge in [-0.05, 0) is 13.8 Å². The van der Waals surface area contributed by atoms with E-state index in [4.69, 9.17) is 15.2 Å². The van der Waals surface area contributed by atoms with Crippen LogP contribution in [0.3, 0.4) is 0 Å². The molecule has 1 aliphatic rings. The van der Waals surface area contributed by atoms with Gasteiger partial charge in [0.25, 0.3) is 5.91 Å². The van der Waals surface area contributed by atoms with Crippen LogP contribution in [-0.4, -0.2) is 54.9 Å². The van der Waals surface area contributed by atoms with E-state index in [0.717, 1.165) is 0 Å². The highest BCUT2D eigenvalue weighted by atomic mass is 16.6. The van der Waals surface area contributed by atoms with Gasteiger partial charge in [-0.2, -0.15) is 4.99 Å². The second-order valence-electron chi connectivity index (χ2n) is 7.20. The van der Waals surface area contributed by atoms with Gasteiger partial charge in [0.05, 0.1) is 31.5 Å². The molecule has 132 valence electrons. The van der Waals surface area contributed by atoms with E-state index in [1.165, 1.54) is 6.08 Å². The molecule has 1 heterocycles. The molecule has 1 aliphatic heterocycles. The summed E-state index contributed by atoms with van der Waals surface area (Å²) in [6, 6.07) is 0. The number of ether oxygens (including phenoxy) is 2. The quantitative estimate of drug-likeness (QED) is 0.397. The van der Waals surface area contributed by atoms with Crippen LogP contribution in [0.5, 0.6) is 0 Å². The van der Waals surface area contributed by atoms with Crippen molar-refractivity contribution >= 4 is 11.7 Å². The molecule has 1 unspecified atom stereocenters. The average molecular weight is 327 g/mol. The second kappa shape index (κ2) is 7.90. The largest absolute Gasteiger partial charge is 0.512 e. The first-order valence-corrected chi connectivity index (χ1v) is 7.76. The van der Waals surface area contributed by atoms with E-state index >= 15 is 0 Å². The summed E-state index contributed by atoms with van der Waals surface area (Å²) in [6.07, 6.45) is 1.23. The number of amides is 1. The normalized spacial score (nSPS) is 21.3. The predicted molar refractivity (Wildman–Crippen MR) is 89.4 cm³/mol. The third-order valence-electron chi connectivity index (χ3n) is 3.47. The van der Waals surface area contributed by atoms with E-state index in [1.54, 1.807) is 13.8 Å². The summed E-state index contributed by atoms with van der Waals surface area (Å²) in [5.74, 6) is -0.357. The first-order chi connectivity index (χ1) is 10.5. The van der Waals surface area contributed by atoms with Gasteiger partial charge in [-0.1, -0.05) is 20.8 Å². The summed E-state index contributed by atoms with van der Waals surface area (Å²) < 4.78 is 10.8. The minimum absolute atomic E-state index is 0.0189. The summed E-state index contributed by atoms with van der Waals surface area (Å²) in [7, 11) is 0. The first-order valence-electron chi connectivity index (χ1n) is 7.76. The number of carbonyl (C=O) groups is 1. The Morgan fingerprint density at radius 1 is 1.35 bits per heavy atom. The van der Waals surface area contributed by atoms with Gasteiger partial charge < -0.3 is 25.6 Å². The predicted octanol–water partition coefficient (Wildman–Crippen LogP) is 1.14. The Labute approximate surface area is 137 Å². The van der Waals surface area contributed by atoms with E-state index < -0.39 is 16.9 Å². The maximum atomic E-state index is 12.3. The molecular formula is C16H29N3O4. The number of nitrogens with one attached hydrogen (secondary N) is 1. The average Bonchev–Trinajstić information content (AvgIpc) is 2.45. The Hall–Kier alpha value is -1.44. The van der Waals surface area contributed by atoms with Crippen LogP contribution in [0.1, 0.15) is 34.6 Å². The van der Waals surface area contributed by atoms with Crippen molar-refractivity contribution in [3.8, 4) is 0 Å². The molecule has 0 aromatic heterocycles. The molecule has 0 radical (unpaired) electrons. The Bertz CT molecular complexity index is 472. The van der Waals surface area contributed by atoms with E-state index in [9.17, 15) is 9.90 Å². The lowest BCUT2D eigenvalue weighted by Gasteiger charge is -2.28. The summed E-state index contributed by atoms with van der Waals surface area (Å²) in [5, 5.41) is 13.0. The van der Waals surface area contributed by atoms with Crippen molar-refractivity contribution in [3.63, 3.8) is 0 Å². The number of nitrogens with two attached hydrogens (primary N) is 1. The summed E-state index contributed by atoms with van der Waals surface area (Å²) in [6.45, 7) is 11.1. The number of hydrogen-bond acceptors (Lipinski definition) is 5. The van der Waals surface area contributed by atoms with E-state index in [2.05, 4.69) is 10.3 Å². The molecule has 0 aliphatic carbocycles. The highest BCUT2D eigenvalue weighted by Crippen LogP contribution is 2.22. The van der Waals surface area contributed by atoms with E-state index in [-0.39, 0.29) is 17.7 Å². The minimum atomic E-state index is -0.892. The van der Waals surface area contributed by atoms with Crippen molar-refractivity contribution in [2.75, 3.05) is 26.4 Å². The van der Waals surface area contributed by atoms with Gasteiger partial charge in [0.1, 0.15) is 11.6 Å². The number of aliphatic hydroxyl groups is 1. The van der Waals surface area contributed by atoms with Crippen molar-refractivity contribution in [2.45, 2.75) is 46.3 Å². The standard InChI is InChI=1S/C16H29N3O4/c1-15(2,3)12(20)8-13(17)19-14(21)16(4,5)18-9-11-10-22-6-7-23-11/h8,11,18,20H,6-7,9-10H2,1-5H3,(H2,17,19,21)/b12-8-. The van der Waals surface area contributed by atoms with Crippen molar-refractivity contribution < 1.29 is 19.4 Å². The number of allylic oxidation sites excluding steroid dienone is 1. The number of rotatable bonds is 5.